The Morgan fingerprint density at radius 3 is 2.30 bits per heavy atom. The van der Waals surface area contributed by atoms with E-state index in [4.69, 9.17) is 23.2 Å². The minimum absolute atomic E-state index is 0.122. The SMILES string of the molecule is O=C1C(=O)N(c2ncc(S(=O)(=O)c3ccc([N+](=O)[O-])cc3)s2)C(c2cccc(Cl)c2)/C1=C(\O)c1ccc(Cl)cc1. The molecule has 5 rings (SSSR count). The number of rotatable bonds is 6. The summed E-state index contributed by atoms with van der Waals surface area (Å²) in [6.07, 6.45) is 1.03. The summed E-state index contributed by atoms with van der Waals surface area (Å²) in [4.78, 5) is 41.8. The molecule has 1 fully saturated rings. The number of benzene rings is 3. The number of hydrogen-bond acceptors (Lipinski definition) is 9. The Morgan fingerprint density at radius 1 is 1.00 bits per heavy atom. The number of carbonyl (C=O) groups excluding carboxylic acids is 2. The summed E-state index contributed by atoms with van der Waals surface area (Å²) >= 11 is 12.8. The van der Waals surface area contributed by atoms with Gasteiger partial charge in [0.15, 0.2) is 5.13 Å². The minimum atomic E-state index is -4.17. The van der Waals surface area contributed by atoms with Gasteiger partial charge in [-0.3, -0.25) is 24.6 Å². The minimum Gasteiger partial charge on any atom is -0.507 e. The number of anilines is 1. The number of non-ortho nitro benzene ring substituents is 1. The Labute approximate surface area is 240 Å². The van der Waals surface area contributed by atoms with Crippen LogP contribution in [-0.2, 0) is 19.4 Å². The van der Waals surface area contributed by atoms with Crippen LogP contribution in [0.2, 0.25) is 10.0 Å². The highest BCUT2D eigenvalue weighted by atomic mass is 35.5. The van der Waals surface area contributed by atoms with Crippen molar-refractivity contribution in [3.05, 3.63) is 116 Å². The number of aromatic nitrogens is 1. The molecule has 10 nitrogen and oxygen atoms in total. The molecule has 0 radical (unpaired) electrons. The summed E-state index contributed by atoms with van der Waals surface area (Å²) in [6.45, 7) is 0. The molecule has 0 aliphatic carbocycles. The molecule has 1 atom stereocenters. The number of Topliss-reactive ketones (excluding diaryl/α,β-unsaturated/α-hetero) is 1. The third-order valence-electron chi connectivity index (χ3n) is 6.03. The number of hydrogen-bond donors (Lipinski definition) is 1. The van der Waals surface area contributed by atoms with Crippen molar-refractivity contribution in [1.29, 1.82) is 0 Å². The standard InChI is InChI=1S/C26H15Cl2N3O7S2/c27-16-6-4-14(5-7-16)23(32)21-22(15-2-1-3-17(28)12-15)30(25(34)24(21)33)26-29-13-20(39-26)40(37,38)19-10-8-18(9-11-19)31(35)36/h1-13,22,32H/b23-21+. The van der Waals surface area contributed by atoms with Gasteiger partial charge in [0, 0.05) is 27.7 Å². The molecule has 0 bridgehead atoms. The Hall–Kier alpha value is -4.10. The number of nitrogens with zero attached hydrogens (tertiary/aromatic N) is 3. The number of aliphatic hydroxyl groups excluding tert-OH is 1. The molecule has 40 heavy (non-hydrogen) atoms. The summed E-state index contributed by atoms with van der Waals surface area (Å²) in [5.41, 5.74) is 0.0751. The van der Waals surface area contributed by atoms with Crippen LogP contribution in [0.1, 0.15) is 17.2 Å². The molecule has 4 aromatic rings. The van der Waals surface area contributed by atoms with E-state index in [2.05, 4.69) is 4.98 Å². The van der Waals surface area contributed by atoms with Gasteiger partial charge in [-0.15, -0.1) is 0 Å². The van der Waals surface area contributed by atoms with Gasteiger partial charge in [0.05, 0.1) is 27.6 Å². The third kappa shape index (κ3) is 4.86. The molecule has 2 heterocycles. The zero-order chi connectivity index (χ0) is 28.8. The van der Waals surface area contributed by atoms with Crippen LogP contribution in [0.15, 0.2) is 93.7 Å². The van der Waals surface area contributed by atoms with Crippen molar-refractivity contribution in [3.63, 3.8) is 0 Å². The molecule has 1 unspecified atom stereocenters. The predicted octanol–water partition coefficient (Wildman–Crippen LogP) is 5.82. The van der Waals surface area contributed by atoms with E-state index >= 15 is 0 Å². The van der Waals surface area contributed by atoms with Gasteiger partial charge in [0.25, 0.3) is 11.5 Å². The van der Waals surface area contributed by atoms with Gasteiger partial charge in [0.2, 0.25) is 9.84 Å². The van der Waals surface area contributed by atoms with E-state index in [1.54, 1.807) is 18.2 Å². The van der Waals surface area contributed by atoms with Crippen LogP contribution >= 0.6 is 34.5 Å². The number of nitro groups is 1. The van der Waals surface area contributed by atoms with Gasteiger partial charge in [-0.1, -0.05) is 46.7 Å². The van der Waals surface area contributed by atoms with Gasteiger partial charge < -0.3 is 5.11 Å². The van der Waals surface area contributed by atoms with E-state index in [0.717, 1.165) is 35.4 Å². The van der Waals surface area contributed by atoms with Gasteiger partial charge in [0.1, 0.15) is 9.97 Å². The van der Waals surface area contributed by atoms with Gasteiger partial charge in [-0.05, 0) is 54.1 Å². The van der Waals surface area contributed by atoms with E-state index in [-0.39, 0.29) is 31.1 Å². The lowest BCUT2D eigenvalue weighted by Crippen LogP contribution is -2.29. The molecule has 0 saturated carbocycles. The molecule has 14 heteroatoms. The first-order valence-corrected chi connectivity index (χ1v) is 14.3. The Kier molecular flexibility index (Phi) is 7.19. The number of halogens is 2. The van der Waals surface area contributed by atoms with Crippen molar-refractivity contribution < 1.29 is 28.0 Å². The quantitative estimate of drug-likeness (QED) is 0.0938. The van der Waals surface area contributed by atoms with Crippen molar-refractivity contribution >= 4 is 72.6 Å². The second kappa shape index (κ2) is 10.5. The molecule has 1 N–H and O–H groups in total. The number of thiazole rings is 1. The molecule has 1 saturated heterocycles. The number of aliphatic hydroxyl groups is 1. The fourth-order valence-electron chi connectivity index (χ4n) is 4.13. The molecule has 1 aromatic heterocycles. The highest BCUT2D eigenvalue weighted by molar-refractivity contribution is 7.93. The highest BCUT2D eigenvalue weighted by Gasteiger charge is 2.48. The van der Waals surface area contributed by atoms with E-state index < -0.39 is 38.3 Å². The largest absolute Gasteiger partial charge is 0.507 e. The summed E-state index contributed by atoms with van der Waals surface area (Å²) in [5.74, 6) is -2.50. The van der Waals surface area contributed by atoms with E-state index in [9.17, 15) is 33.2 Å². The summed E-state index contributed by atoms with van der Waals surface area (Å²) in [6, 6.07) is 15.4. The molecule has 1 aliphatic rings. The normalized spacial score (nSPS) is 16.9. The molecule has 0 spiro atoms. The maximum absolute atomic E-state index is 13.3. The van der Waals surface area contributed by atoms with Crippen molar-refractivity contribution in [1.82, 2.24) is 4.98 Å². The van der Waals surface area contributed by atoms with E-state index in [1.807, 2.05) is 0 Å². The molecular weight excluding hydrogens is 601 g/mol. The molecule has 1 amide bonds. The summed E-state index contributed by atoms with van der Waals surface area (Å²) in [7, 11) is -4.17. The topological polar surface area (TPSA) is 148 Å². The Morgan fingerprint density at radius 2 is 1.68 bits per heavy atom. The average molecular weight is 616 g/mol. The third-order valence-corrected chi connectivity index (χ3v) is 9.74. The number of amides is 1. The fraction of sp³-hybridized carbons (Fsp3) is 0.0385. The monoisotopic (exact) mass is 615 g/mol. The Balaban J connectivity index is 1.62. The molecule has 1 aliphatic heterocycles. The number of ketones is 1. The highest BCUT2D eigenvalue weighted by Crippen LogP contribution is 2.44. The Bertz CT molecular complexity index is 1820. The van der Waals surface area contributed by atoms with Crippen LogP contribution in [-0.4, -0.2) is 35.1 Å². The predicted molar refractivity (Wildman–Crippen MR) is 148 cm³/mol. The van der Waals surface area contributed by atoms with Crippen LogP contribution in [0, 0.1) is 10.1 Å². The van der Waals surface area contributed by atoms with Gasteiger partial charge >= 0.3 is 5.91 Å². The van der Waals surface area contributed by atoms with Crippen LogP contribution < -0.4 is 4.90 Å². The first kappa shape index (κ1) is 27.5. The van der Waals surface area contributed by atoms with Gasteiger partial charge in [-0.25, -0.2) is 13.4 Å². The van der Waals surface area contributed by atoms with Crippen molar-refractivity contribution in [2.75, 3.05) is 4.90 Å². The van der Waals surface area contributed by atoms with Crippen LogP contribution in [0.25, 0.3) is 5.76 Å². The number of nitro benzene ring substituents is 1. The smallest absolute Gasteiger partial charge is 0.301 e. The number of carbonyl (C=O) groups is 2. The molecule has 202 valence electrons. The van der Waals surface area contributed by atoms with Crippen molar-refractivity contribution in [2.45, 2.75) is 15.1 Å². The van der Waals surface area contributed by atoms with Crippen molar-refractivity contribution in [2.24, 2.45) is 0 Å². The molecular formula is C26H15Cl2N3O7S2. The van der Waals surface area contributed by atoms with E-state index in [1.165, 1.54) is 30.3 Å². The second-order valence-electron chi connectivity index (χ2n) is 8.45. The lowest BCUT2D eigenvalue weighted by Gasteiger charge is -2.23. The fourth-order valence-corrected chi connectivity index (χ4v) is 7.01. The number of sulfone groups is 1. The molecule has 3 aromatic carbocycles. The first-order valence-electron chi connectivity index (χ1n) is 11.3. The first-order chi connectivity index (χ1) is 19.0. The van der Waals surface area contributed by atoms with Gasteiger partial charge in [-0.2, -0.15) is 0 Å². The summed E-state index contributed by atoms with van der Waals surface area (Å²) in [5, 5.41) is 22.7. The lowest BCUT2D eigenvalue weighted by molar-refractivity contribution is -0.384. The van der Waals surface area contributed by atoms with Crippen LogP contribution in [0.3, 0.4) is 0 Å². The maximum Gasteiger partial charge on any atom is 0.301 e. The van der Waals surface area contributed by atoms with Crippen LogP contribution in [0.5, 0.6) is 0 Å². The van der Waals surface area contributed by atoms with E-state index in [0.29, 0.717) is 26.9 Å². The zero-order valence-electron chi connectivity index (χ0n) is 19.9. The van der Waals surface area contributed by atoms with Crippen molar-refractivity contribution in [3.8, 4) is 0 Å². The second-order valence-corrected chi connectivity index (χ2v) is 12.5. The maximum atomic E-state index is 13.3. The lowest BCUT2D eigenvalue weighted by atomic mass is 9.95. The summed E-state index contributed by atoms with van der Waals surface area (Å²) < 4.78 is 26.2. The zero-order valence-corrected chi connectivity index (χ0v) is 23.0. The average Bonchev–Trinajstić information content (AvgIpc) is 3.52. The van der Waals surface area contributed by atoms with Crippen LogP contribution in [0.4, 0.5) is 10.8 Å².